The molecule has 0 aliphatic carbocycles. The molecule has 1 saturated heterocycles. The summed E-state index contributed by atoms with van der Waals surface area (Å²) in [5.41, 5.74) is 0.843. The Morgan fingerprint density at radius 1 is 1.25 bits per heavy atom. The maximum Gasteiger partial charge on any atom is 0.257 e. The van der Waals surface area contributed by atoms with Crippen molar-refractivity contribution < 1.29 is 13.6 Å². The van der Waals surface area contributed by atoms with E-state index in [1.165, 1.54) is 4.90 Å². The van der Waals surface area contributed by atoms with E-state index >= 15 is 0 Å². The zero-order valence-corrected chi connectivity index (χ0v) is 13.9. The van der Waals surface area contributed by atoms with Crippen molar-refractivity contribution in [3.8, 4) is 0 Å². The second-order valence-corrected chi connectivity index (χ2v) is 6.23. The number of hydrogen-bond acceptors (Lipinski definition) is 5. The Labute approximate surface area is 138 Å². The van der Waals surface area contributed by atoms with Crippen molar-refractivity contribution in [2.45, 2.75) is 25.7 Å². The third kappa shape index (κ3) is 3.13. The number of rotatable bonds is 2. The molecule has 1 fully saturated rings. The van der Waals surface area contributed by atoms with Gasteiger partial charge in [-0.3, -0.25) is 4.79 Å². The van der Waals surface area contributed by atoms with Crippen molar-refractivity contribution in [3.05, 3.63) is 23.7 Å². The summed E-state index contributed by atoms with van der Waals surface area (Å²) in [5.74, 6) is -1.90. The number of amides is 1. The largest absolute Gasteiger partial charge is 0.355 e. The molecule has 3 rings (SSSR count). The first-order chi connectivity index (χ1) is 11.3. The second-order valence-electron chi connectivity index (χ2n) is 6.23. The van der Waals surface area contributed by atoms with Gasteiger partial charge in [0, 0.05) is 51.6 Å². The fraction of sp³-hybridized carbons (Fsp3) is 0.500. The molecule has 3 heterocycles. The Hall–Kier alpha value is -2.38. The van der Waals surface area contributed by atoms with E-state index in [1.807, 2.05) is 0 Å². The summed E-state index contributed by atoms with van der Waals surface area (Å²) in [4.78, 5) is 28.6. The number of piperidine rings is 1. The van der Waals surface area contributed by atoms with Crippen LogP contribution in [0.25, 0.3) is 11.0 Å². The Kier molecular flexibility index (Phi) is 4.06. The van der Waals surface area contributed by atoms with Gasteiger partial charge in [0.15, 0.2) is 5.65 Å². The highest BCUT2D eigenvalue weighted by molar-refractivity contribution is 6.01. The minimum absolute atomic E-state index is 0.156. The molecule has 0 saturated carbocycles. The lowest BCUT2D eigenvalue weighted by Gasteiger charge is -2.33. The quantitative estimate of drug-likeness (QED) is 0.842. The van der Waals surface area contributed by atoms with E-state index in [2.05, 4.69) is 15.0 Å². The number of carbonyl (C=O) groups excluding carboxylic acids is 1. The Morgan fingerprint density at radius 2 is 1.92 bits per heavy atom. The molecule has 1 aliphatic rings. The average molecular weight is 335 g/mol. The maximum atomic E-state index is 13.4. The molecule has 6 nitrogen and oxygen atoms in total. The van der Waals surface area contributed by atoms with Gasteiger partial charge in [-0.25, -0.2) is 23.7 Å². The van der Waals surface area contributed by atoms with Gasteiger partial charge in [0.25, 0.3) is 11.8 Å². The number of fused-ring (bicyclic) bond motifs is 1. The fourth-order valence-electron chi connectivity index (χ4n) is 2.72. The molecule has 0 unspecified atom stereocenters. The number of alkyl halides is 2. The summed E-state index contributed by atoms with van der Waals surface area (Å²) in [6.07, 6.45) is 1.13. The third-order valence-electron chi connectivity index (χ3n) is 4.10. The van der Waals surface area contributed by atoms with Crippen LogP contribution in [-0.2, 0) is 0 Å². The molecule has 2 aromatic heterocycles. The van der Waals surface area contributed by atoms with Crippen LogP contribution in [0.5, 0.6) is 0 Å². The van der Waals surface area contributed by atoms with Crippen LogP contribution in [0.3, 0.4) is 0 Å². The van der Waals surface area contributed by atoms with Crippen LogP contribution in [0.1, 0.15) is 29.0 Å². The number of halogens is 2. The van der Waals surface area contributed by atoms with Gasteiger partial charge in [-0.1, -0.05) is 0 Å². The topological polar surface area (TPSA) is 62.2 Å². The molecule has 2 aromatic rings. The number of aromatic nitrogens is 3. The van der Waals surface area contributed by atoms with E-state index in [0.717, 1.165) is 0 Å². The molecular formula is C16H19F2N5O. The predicted molar refractivity (Wildman–Crippen MR) is 86.5 cm³/mol. The van der Waals surface area contributed by atoms with Gasteiger partial charge >= 0.3 is 0 Å². The highest BCUT2D eigenvalue weighted by atomic mass is 19.3. The molecule has 0 spiro atoms. The zero-order valence-electron chi connectivity index (χ0n) is 13.9. The second kappa shape index (κ2) is 5.92. The van der Waals surface area contributed by atoms with Crippen molar-refractivity contribution in [1.82, 2.24) is 19.9 Å². The Bertz CT molecular complexity index is 783. The minimum Gasteiger partial charge on any atom is -0.355 e. The number of pyridine rings is 1. The summed E-state index contributed by atoms with van der Waals surface area (Å²) >= 11 is 0. The summed E-state index contributed by atoms with van der Waals surface area (Å²) in [6.45, 7) is 2.06. The molecule has 1 aliphatic heterocycles. The van der Waals surface area contributed by atoms with E-state index in [4.69, 9.17) is 0 Å². The summed E-state index contributed by atoms with van der Waals surface area (Å²) in [5, 5.41) is 0.650. The Morgan fingerprint density at radius 3 is 2.54 bits per heavy atom. The SMILES string of the molecule is Cc1ncc2cc(C(=O)N(C)C)c(N3CCC(F)(F)CC3)nc2n1. The number of hydrogen-bond donors (Lipinski definition) is 0. The van der Waals surface area contributed by atoms with Gasteiger partial charge < -0.3 is 9.80 Å². The average Bonchev–Trinajstić information content (AvgIpc) is 2.53. The van der Waals surface area contributed by atoms with Crippen molar-refractivity contribution in [2.75, 3.05) is 32.1 Å². The third-order valence-corrected chi connectivity index (χ3v) is 4.10. The summed E-state index contributed by atoms with van der Waals surface area (Å²) in [7, 11) is 3.29. The molecule has 0 bridgehead atoms. The summed E-state index contributed by atoms with van der Waals surface area (Å²) in [6, 6.07) is 1.69. The molecule has 0 atom stereocenters. The summed E-state index contributed by atoms with van der Waals surface area (Å²) < 4.78 is 26.9. The van der Waals surface area contributed by atoms with Crippen molar-refractivity contribution in [1.29, 1.82) is 0 Å². The zero-order chi connectivity index (χ0) is 17.5. The van der Waals surface area contributed by atoms with Gasteiger partial charge in [-0.2, -0.15) is 0 Å². The first kappa shape index (κ1) is 16.5. The predicted octanol–water partition coefficient (Wildman–Crippen LogP) is 2.27. The smallest absolute Gasteiger partial charge is 0.257 e. The van der Waals surface area contributed by atoms with E-state index in [1.54, 1.807) is 38.2 Å². The standard InChI is InChI=1S/C16H19F2N5O/c1-10-19-9-11-8-12(15(24)22(2)3)14(21-13(11)20-10)23-6-4-16(17,18)5-7-23/h8-9H,4-7H2,1-3H3. The highest BCUT2D eigenvalue weighted by Gasteiger charge is 2.35. The normalized spacial score (nSPS) is 17.1. The van der Waals surface area contributed by atoms with Crippen molar-refractivity contribution >= 4 is 22.8 Å². The van der Waals surface area contributed by atoms with E-state index < -0.39 is 5.92 Å². The fourth-order valence-corrected chi connectivity index (χ4v) is 2.72. The van der Waals surface area contributed by atoms with Crippen LogP contribution in [0, 0.1) is 6.92 Å². The molecule has 24 heavy (non-hydrogen) atoms. The monoisotopic (exact) mass is 335 g/mol. The lowest BCUT2D eigenvalue weighted by Crippen LogP contribution is -2.41. The molecule has 1 amide bonds. The van der Waals surface area contributed by atoms with Gasteiger partial charge in [0.05, 0.1) is 5.56 Å². The molecular weight excluding hydrogens is 316 g/mol. The molecule has 0 N–H and O–H groups in total. The van der Waals surface area contributed by atoms with Gasteiger partial charge in [0.1, 0.15) is 11.6 Å². The molecule has 128 valence electrons. The van der Waals surface area contributed by atoms with Crippen LogP contribution in [0.2, 0.25) is 0 Å². The van der Waals surface area contributed by atoms with Crippen molar-refractivity contribution in [3.63, 3.8) is 0 Å². The van der Waals surface area contributed by atoms with Crippen LogP contribution < -0.4 is 4.90 Å². The maximum absolute atomic E-state index is 13.4. The van der Waals surface area contributed by atoms with Crippen LogP contribution in [-0.4, -0.2) is 58.9 Å². The van der Waals surface area contributed by atoms with Gasteiger partial charge in [-0.15, -0.1) is 0 Å². The number of aryl methyl sites for hydroxylation is 1. The minimum atomic E-state index is -2.65. The van der Waals surface area contributed by atoms with E-state index in [0.29, 0.717) is 28.2 Å². The van der Waals surface area contributed by atoms with Crippen LogP contribution in [0.15, 0.2) is 12.3 Å². The lowest BCUT2D eigenvalue weighted by atomic mass is 10.1. The Balaban J connectivity index is 2.09. The molecule has 0 radical (unpaired) electrons. The van der Waals surface area contributed by atoms with Crippen LogP contribution >= 0.6 is 0 Å². The first-order valence-corrected chi connectivity index (χ1v) is 7.76. The highest BCUT2D eigenvalue weighted by Crippen LogP contribution is 2.32. The van der Waals surface area contributed by atoms with E-state index in [9.17, 15) is 13.6 Å². The van der Waals surface area contributed by atoms with Gasteiger partial charge in [-0.05, 0) is 13.0 Å². The molecule has 0 aromatic carbocycles. The van der Waals surface area contributed by atoms with E-state index in [-0.39, 0.29) is 31.8 Å². The first-order valence-electron chi connectivity index (χ1n) is 7.76. The molecule has 8 heteroatoms. The van der Waals surface area contributed by atoms with Crippen LogP contribution in [0.4, 0.5) is 14.6 Å². The lowest BCUT2D eigenvalue weighted by molar-refractivity contribution is -0.0221. The van der Waals surface area contributed by atoms with Gasteiger partial charge in [0.2, 0.25) is 0 Å². The number of carbonyl (C=O) groups is 1. The van der Waals surface area contributed by atoms with Crippen molar-refractivity contribution in [2.24, 2.45) is 0 Å². The number of anilines is 1. The number of nitrogens with zero attached hydrogens (tertiary/aromatic N) is 5.